The minimum absolute atomic E-state index is 0.0167. The van der Waals surface area contributed by atoms with E-state index in [0.717, 1.165) is 28.0 Å². The summed E-state index contributed by atoms with van der Waals surface area (Å²) in [5.41, 5.74) is 4.75. The van der Waals surface area contributed by atoms with Crippen molar-refractivity contribution in [3.8, 4) is 10.6 Å². The molecule has 4 aromatic rings. The van der Waals surface area contributed by atoms with Crippen molar-refractivity contribution >= 4 is 33.9 Å². The third-order valence-electron chi connectivity index (χ3n) is 4.93. The first-order valence-electron chi connectivity index (χ1n) is 8.79. The maximum Gasteiger partial charge on any atom is 0.258 e. The molecule has 1 aliphatic heterocycles. The fraction of sp³-hybridized carbons (Fsp3) is 0.150. The predicted molar refractivity (Wildman–Crippen MR) is 106 cm³/mol. The second-order valence-corrected chi connectivity index (χ2v) is 7.42. The number of thiophene rings is 1. The zero-order valence-electron chi connectivity index (χ0n) is 14.5. The number of aromatic amines is 2. The summed E-state index contributed by atoms with van der Waals surface area (Å²) in [5, 5.41) is 10.2. The molecule has 134 valence electrons. The Morgan fingerprint density at radius 2 is 2.22 bits per heavy atom. The molecule has 0 saturated carbocycles. The van der Waals surface area contributed by atoms with Gasteiger partial charge in [-0.15, -0.1) is 11.3 Å². The minimum atomic E-state index is 0.0167. The van der Waals surface area contributed by atoms with Gasteiger partial charge in [-0.3, -0.25) is 9.89 Å². The monoisotopic (exact) mass is 375 g/mol. The van der Waals surface area contributed by atoms with Gasteiger partial charge in [-0.05, 0) is 35.6 Å². The van der Waals surface area contributed by atoms with E-state index in [0.29, 0.717) is 18.7 Å². The van der Waals surface area contributed by atoms with Crippen molar-refractivity contribution in [2.24, 2.45) is 0 Å². The van der Waals surface area contributed by atoms with Gasteiger partial charge in [-0.1, -0.05) is 12.1 Å². The lowest BCUT2D eigenvalue weighted by atomic mass is 9.99. The summed E-state index contributed by atoms with van der Waals surface area (Å²) in [4.78, 5) is 23.5. The average Bonchev–Trinajstić information content (AvgIpc) is 3.47. The first-order chi connectivity index (χ1) is 13.3. The second-order valence-electron chi connectivity index (χ2n) is 6.47. The zero-order valence-corrected chi connectivity index (χ0v) is 15.3. The summed E-state index contributed by atoms with van der Waals surface area (Å²) in [6.45, 7) is 1.28. The summed E-state index contributed by atoms with van der Waals surface area (Å²) >= 11 is 1.60. The fourth-order valence-corrected chi connectivity index (χ4v) is 4.28. The highest BCUT2D eigenvalue weighted by Crippen LogP contribution is 2.30. The van der Waals surface area contributed by atoms with Crippen molar-refractivity contribution in [2.45, 2.75) is 6.42 Å². The number of H-pyrrole nitrogens is 2. The maximum absolute atomic E-state index is 13.0. The van der Waals surface area contributed by atoms with Gasteiger partial charge in [0.25, 0.3) is 5.91 Å². The SMILES string of the molecule is O=C(c1cn[nH]c1-c1cccs1)N1CC=C(c2c[nH]c3ncccc23)CC1. The molecule has 1 amide bonds. The van der Waals surface area contributed by atoms with E-state index in [1.54, 1.807) is 23.7 Å². The Kier molecular flexibility index (Phi) is 3.86. The van der Waals surface area contributed by atoms with Crippen LogP contribution in [-0.2, 0) is 0 Å². The molecular formula is C20H17N5OS. The molecule has 1 aliphatic rings. The van der Waals surface area contributed by atoms with Crippen LogP contribution >= 0.6 is 11.3 Å². The van der Waals surface area contributed by atoms with Crippen LogP contribution in [0.1, 0.15) is 22.3 Å². The van der Waals surface area contributed by atoms with Gasteiger partial charge in [0.2, 0.25) is 0 Å². The third kappa shape index (κ3) is 2.76. The number of rotatable bonds is 3. The summed E-state index contributed by atoms with van der Waals surface area (Å²) in [6.07, 6.45) is 8.38. The lowest BCUT2D eigenvalue weighted by Crippen LogP contribution is -2.34. The first kappa shape index (κ1) is 16.0. The molecule has 0 unspecified atom stereocenters. The minimum Gasteiger partial charge on any atom is -0.346 e. The van der Waals surface area contributed by atoms with Crippen LogP contribution < -0.4 is 0 Å². The Morgan fingerprint density at radius 1 is 1.26 bits per heavy atom. The smallest absolute Gasteiger partial charge is 0.258 e. The van der Waals surface area contributed by atoms with Crippen molar-refractivity contribution in [3.63, 3.8) is 0 Å². The van der Waals surface area contributed by atoms with Gasteiger partial charge < -0.3 is 9.88 Å². The molecule has 0 fully saturated rings. The van der Waals surface area contributed by atoms with Crippen LogP contribution in [-0.4, -0.2) is 44.1 Å². The highest BCUT2D eigenvalue weighted by Gasteiger charge is 2.24. The second kappa shape index (κ2) is 6.51. The van der Waals surface area contributed by atoms with E-state index in [2.05, 4.69) is 32.3 Å². The highest BCUT2D eigenvalue weighted by atomic mass is 32.1. The summed E-state index contributed by atoms with van der Waals surface area (Å²) in [7, 11) is 0. The zero-order chi connectivity index (χ0) is 18.2. The van der Waals surface area contributed by atoms with Gasteiger partial charge in [0, 0.05) is 36.4 Å². The molecule has 0 spiro atoms. The molecular weight excluding hydrogens is 358 g/mol. The van der Waals surface area contributed by atoms with Crippen molar-refractivity contribution in [1.82, 2.24) is 25.1 Å². The molecule has 0 aromatic carbocycles. The third-order valence-corrected chi connectivity index (χ3v) is 5.82. The Balaban J connectivity index is 1.39. The van der Waals surface area contributed by atoms with Crippen molar-refractivity contribution in [3.05, 3.63) is 65.4 Å². The maximum atomic E-state index is 13.0. The molecule has 0 saturated heterocycles. The topological polar surface area (TPSA) is 77.7 Å². The van der Waals surface area contributed by atoms with Crippen LogP contribution in [0, 0.1) is 0 Å². The summed E-state index contributed by atoms with van der Waals surface area (Å²) in [5.74, 6) is 0.0167. The van der Waals surface area contributed by atoms with E-state index in [-0.39, 0.29) is 5.91 Å². The standard InChI is InChI=1S/C20H17N5OS/c26-20(16-12-23-24-18(16)17-4-2-10-27-17)25-8-5-13(6-9-25)15-11-22-19-14(15)3-1-7-21-19/h1-5,7,10-12H,6,8-9H2,(H,21,22)(H,23,24). The van der Waals surface area contributed by atoms with Crippen LogP contribution in [0.5, 0.6) is 0 Å². The van der Waals surface area contributed by atoms with E-state index in [1.807, 2.05) is 34.7 Å². The lowest BCUT2D eigenvalue weighted by Gasteiger charge is -2.26. The van der Waals surface area contributed by atoms with Crippen molar-refractivity contribution in [2.75, 3.05) is 13.1 Å². The molecule has 5 rings (SSSR count). The molecule has 0 aliphatic carbocycles. The van der Waals surface area contributed by atoms with Gasteiger partial charge in [0.15, 0.2) is 0 Å². The van der Waals surface area contributed by atoms with Gasteiger partial charge in [0.05, 0.1) is 22.3 Å². The van der Waals surface area contributed by atoms with Gasteiger partial charge in [-0.2, -0.15) is 5.10 Å². The summed E-state index contributed by atoms with van der Waals surface area (Å²) < 4.78 is 0. The number of hydrogen-bond donors (Lipinski definition) is 2. The number of nitrogens with one attached hydrogen (secondary N) is 2. The Hall–Kier alpha value is -3.19. The van der Waals surface area contributed by atoms with Crippen molar-refractivity contribution < 1.29 is 4.79 Å². The van der Waals surface area contributed by atoms with Crippen LogP contribution in [0.2, 0.25) is 0 Å². The fourth-order valence-electron chi connectivity index (χ4n) is 3.55. The molecule has 0 bridgehead atoms. The van der Waals surface area contributed by atoms with E-state index in [9.17, 15) is 4.79 Å². The van der Waals surface area contributed by atoms with Crippen LogP contribution in [0.15, 0.2) is 54.3 Å². The first-order valence-corrected chi connectivity index (χ1v) is 9.67. The number of fused-ring (bicyclic) bond motifs is 1. The quantitative estimate of drug-likeness (QED) is 0.569. The van der Waals surface area contributed by atoms with Crippen molar-refractivity contribution in [1.29, 1.82) is 0 Å². The Bertz CT molecular complexity index is 1140. The average molecular weight is 375 g/mol. The number of pyridine rings is 1. The molecule has 4 aromatic heterocycles. The molecule has 0 radical (unpaired) electrons. The molecule has 27 heavy (non-hydrogen) atoms. The molecule has 6 nitrogen and oxygen atoms in total. The van der Waals surface area contributed by atoms with Crippen LogP contribution in [0.4, 0.5) is 0 Å². The van der Waals surface area contributed by atoms with E-state index in [4.69, 9.17) is 0 Å². The molecule has 2 N–H and O–H groups in total. The van der Waals surface area contributed by atoms with Crippen LogP contribution in [0.3, 0.4) is 0 Å². The van der Waals surface area contributed by atoms with Gasteiger partial charge in [-0.25, -0.2) is 4.98 Å². The molecule has 7 heteroatoms. The van der Waals surface area contributed by atoms with E-state index >= 15 is 0 Å². The molecule has 0 atom stereocenters. The number of aromatic nitrogens is 4. The van der Waals surface area contributed by atoms with Gasteiger partial charge >= 0.3 is 0 Å². The number of carbonyl (C=O) groups is 1. The van der Waals surface area contributed by atoms with E-state index < -0.39 is 0 Å². The summed E-state index contributed by atoms with van der Waals surface area (Å²) in [6, 6.07) is 7.99. The molecule has 5 heterocycles. The number of carbonyl (C=O) groups excluding carboxylic acids is 1. The largest absolute Gasteiger partial charge is 0.346 e. The predicted octanol–water partition coefficient (Wildman–Crippen LogP) is 3.94. The van der Waals surface area contributed by atoms with Crippen LogP contribution in [0.25, 0.3) is 27.2 Å². The number of amides is 1. The number of nitrogens with zero attached hydrogens (tertiary/aromatic N) is 3. The van der Waals surface area contributed by atoms with E-state index in [1.165, 1.54) is 11.1 Å². The normalized spacial score (nSPS) is 14.5. The highest BCUT2D eigenvalue weighted by molar-refractivity contribution is 7.13. The Labute approximate surface area is 159 Å². The van der Waals surface area contributed by atoms with Gasteiger partial charge in [0.1, 0.15) is 5.65 Å². The lowest BCUT2D eigenvalue weighted by molar-refractivity contribution is 0.0774. The Morgan fingerprint density at radius 3 is 3.04 bits per heavy atom. The number of hydrogen-bond acceptors (Lipinski definition) is 4.